The maximum absolute atomic E-state index is 11.8. The summed E-state index contributed by atoms with van der Waals surface area (Å²) in [5, 5.41) is 3.30. The number of carbonyl (C=O) groups is 1. The molecule has 0 saturated carbocycles. The molecule has 0 radical (unpaired) electrons. The minimum Gasteiger partial charge on any atom is -0.383 e. The number of nitrogens with zero attached hydrogens (tertiary/aromatic N) is 3. The van der Waals surface area contributed by atoms with Gasteiger partial charge in [0.15, 0.2) is 0 Å². The van der Waals surface area contributed by atoms with Crippen LogP contribution in [0.5, 0.6) is 0 Å². The summed E-state index contributed by atoms with van der Waals surface area (Å²) in [7, 11) is 1.64. The van der Waals surface area contributed by atoms with E-state index in [9.17, 15) is 4.79 Å². The molecular weight excluding hydrogens is 244 g/mol. The molecule has 1 saturated heterocycles. The molecule has 6 nitrogen and oxygen atoms in total. The zero-order valence-corrected chi connectivity index (χ0v) is 11.4. The molecule has 6 heteroatoms. The van der Waals surface area contributed by atoms with Crippen LogP contribution in [0, 0.1) is 0 Å². The van der Waals surface area contributed by atoms with Gasteiger partial charge in [0, 0.05) is 38.4 Å². The van der Waals surface area contributed by atoms with Gasteiger partial charge >= 0.3 is 0 Å². The van der Waals surface area contributed by atoms with Crippen LogP contribution in [0.1, 0.15) is 19.0 Å². The summed E-state index contributed by atoms with van der Waals surface area (Å²) >= 11 is 0. The summed E-state index contributed by atoms with van der Waals surface area (Å²) < 4.78 is 5.00. The second-order valence-corrected chi connectivity index (χ2v) is 4.63. The van der Waals surface area contributed by atoms with Crippen LogP contribution in [0.3, 0.4) is 0 Å². The van der Waals surface area contributed by atoms with Crippen LogP contribution in [0.25, 0.3) is 0 Å². The molecule has 1 N–H and O–H groups in total. The molecule has 1 aromatic rings. The fraction of sp³-hybridized carbons (Fsp3) is 0.615. The van der Waals surface area contributed by atoms with Gasteiger partial charge < -0.3 is 15.0 Å². The van der Waals surface area contributed by atoms with Crippen molar-refractivity contribution >= 4 is 11.7 Å². The van der Waals surface area contributed by atoms with Crippen LogP contribution in [-0.2, 0) is 16.0 Å². The Morgan fingerprint density at radius 1 is 1.53 bits per heavy atom. The highest BCUT2D eigenvalue weighted by atomic mass is 16.5. The molecule has 0 bridgehead atoms. The van der Waals surface area contributed by atoms with Crippen molar-refractivity contribution in [3.63, 3.8) is 0 Å². The van der Waals surface area contributed by atoms with E-state index >= 15 is 0 Å². The predicted octanol–water partition coefficient (Wildman–Crippen LogP) is 0.698. The monoisotopic (exact) mass is 264 g/mol. The summed E-state index contributed by atoms with van der Waals surface area (Å²) in [6.07, 6.45) is 2.94. The van der Waals surface area contributed by atoms with Gasteiger partial charge in [0.05, 0.1) is 12.6 Å². The van der Waals surface area contributed by atoms with Crippen molar-refractivity contribution in [3.05, 3.63) is 18.1 Å². The van der Waals surface area contributed by atoms with E-state index < -0.39 is 0 Å². The van der Waals surface area contributed by atoms with Gasteiger partial charge in [-0.05, 0) is 6.42 Å². The molecule has 0 unspecified atom stereocenters. The van der Waals surface area contributed by atoms with Crippen molar-refractivity contribution in [2.24, 2.45) is 0 Å². The van der Waals surface area contributed by atoms with Crippen LogP contribution in [0.15, 0.2) is 12.4 Å². The fourth-order valence-electron chi connectivity index (χ4n) is 2.17. The van der Waals surface area contributed by atoms with E-state index in [4.69, 9.17) is 4.74 Å². The second kappa shape index (κ2) is 6.47. The maximum atomic E-state index is 11.8. The summed E-state index contributed by atoms with van der Waals surface area (Å²) in [6, 6.07) is 2.05. The Bertz CT molecular complexity index is 438. The Kier molecular flexibility index (Phi) is 4.68. The van der Waals surface area contributed by atoms with Crippen LogP contribution < -0.4 is 5.32 Å². The number of aryl methyl sites for hydroxylation is 1. The van der Waals surface area contributed by atoms with Crippen LogP contribution in [0.2, 0.25) is 0 Å². The quantitative estimate of drug-likeness (QED) is 0.819. The van der Waals surface area contributed by atoms with Crippen molar-refractivity contribution in [2.75, 3.05) is 32.1 Å². The highest BCUT2D eigenvalue weighted by molar-refractivity contribution is 5.79. The lowest BCUT2D eigenvalue weighted by Crippen LogP contribution is -2.31. The molecule has 2 heterocycles. The molecule has 1 amide bonds. The smallest absolute Gasteiger partial charge is 0.224 e. The first-order valence-corrected chi connectivity index (χ1v) is 6.57. The fourth-order valence-corrected chi connectivity index (χ4v) is 2.17. The third-order valence-electron chi connectivity index (χ3n) is 3.22. The molecule has 1 aromatic heterocycles. The van der Waals surface area contributed by atoms with Gasteiger partial charge in [-0.1, -0.05) is 6.92 Å². The number of hydrogen-bond donors (Lipinski definition) is 1. The largest absolute Gasteiger partial charge is 0.383 e. The lowest BCUT2D eigenvalue weighted by molar-refractivity contribution is -0.128. The van der Waals surface area contributed by atoms with Gasteiger partial charge in [-0.25, -0.2) is 9.97 Å². The maximum Gasteiger partial charge on any atom is 0.224 e. The van der Waals surface area contributed by atoms with E-state index in [1.807, 2.05) is 11.0 Å². The topological polar surface area (TPSA) is 67.4 Å². The number of likely N-dealkylation sites (tertiary alicyclic amines) is 1. The average molecular weight is 264 g/mol. The van der Waals surface area contributed by atoms with Gasteiger partial charge in [0.2, 0.25) is 5.91 Å². The number of hydrogen-bond acceptors (Lipinski definition) is 5. The first-order valence-electron chi connectivity index (χ1n) is 6.57. The van der Waals surface area contributed by atoms with Gasteiger partial charge in [0.25, 0.3) is 0 Å². The minimum atomic E-state index is 0.115. The summed E-state index contributed by atoms with van der Waals surface area (Å²) in [6.45, 7) is 3.98. The van der Waals surface area contributed by atoms with Crippen LogP contribution >= 0.6 is 0 Å². The Morgan fingerprint density at radius 3 is 3.11 bits per heavy atom. The number of rotatable bonds is 6. The lowest BCUT2D eigenvalue weighted by Gasteiger charge is -2.16. The molecule has 1 aliphatic rings. The number of anilines is 1. The Balaban J connectivity index is 1.91. The molecule has 19 heavy (non-hydrogen) atoms. The SMILES string of the molecule is CCc1cc(N[C@H]2CC(=O)N(CCOC)C2)ncn1. The van der Waals surface area contributed by atoms with Gasteiger partial charge in [-0.15, -0.1) is 0 Å². The van der Waals surface area contributed by atoms with E-state index in [1.165, 1.54) is 0 Å². The number of methoxy groups -OCH3 is 1. The predicted molar refractivity (Wildman–Crippen MR) is 71.9 cm³/mol. The second-order valence-electron chi connectivity index (χ2n) is 4.63. The summed E-state index contributed by atoms with van der Waals surface area (Å²) in [5.74, 6) is 0.956. The number of carbonyl (C=O) groups excluding carboxylic acids is 1. The average Bonchev–Trinajstić information content (AvgIpc) is 2.76. The van der Waals surface area contributed by atoms with Crippen molar-refractivity contribution in [3.8, 4) is 0 Å². The molecule has 1 fully saturated rings. The highest BCUT2D eigenvalue weighted by Crippen LogP contribution is 2.15. The van der Waals surface area contributed by atoms with E-state index in [-0.39, 0.29) is 11.9 Å². The summed E-state index contributed by atoms with van der Waals surface area (Å²) in [4.78, 5) is 22.0. The molecular formula is C13H20N4O2. The van der Waals surface area contributed by atoms with Gasteiger partial charge in [-0.3, -0.25) is 4.79 Å². The number of ether oxygens (including phenoxy) is 1. The van der Waals surface area contributed by atoms with Gasteiger partial charge in [0.1, 0.15) is 12.1 Å². The van der Waals surface area contributed by atoms with Crippen molar-refractivity contribution in [1.82, 2.24) is 14.9 Å². The highest BCUT2D eigenvalue weighted by Gasteiger charge is 2.29. The third-order valence-corrected chi connectivity index (χ3v) is 3.22. The standard InChI is InChI=1S/C13H20N4O2/c1-3-10-6-12(15-9-14-10)16-11-7-13(18)17(8-11)4-5-19-2/h6,9,11H,3-5,7-8H2,1-2H3,(H,14,15,16)/t11-/m0/s1. The molecule has 0 aromatic carbocycles. The van der Waals surface area contributed by atoms with E-state index in [0.29, 0.717) is 26.1 Å². The van der Waals surface area contributed by atoms with Crippen molar-refractivity contribution < 1.29 is 9.53 Å². The third kappa shape index (κ3) is 3.64. The Morgan fingerprint density at radius 2 is 2.37 bits per heavy atom. The van der Waals surface area contributed by atoms with E-state index in [2.05, 4.69) is 22.2 Å². The lowest BCUT2D eigenvalue weighted by atomic mass is 10.2. The zero-order valence-electron chi connectivity index (χ0n) is 11.4. The Labute approximate surface area is 113 Å². The zero-order chi connectivity index (χ0) is 13.7. The first-order chi connectivity index (χ1) is 9.22. The minimum absolute atomic E-state index is 0.115. The molecule has 1 aliphatic heterocycles. The number of amides is 1. The van der Waals surface area contributed by atoms with Crippen LogP contribution in [-0.4, -0.2) is 53.6 Å². The van der Waals surface area contributed by atoms with Crippen molar-refractivity contribution in [2.45, 2.75) is 25.8 Å². The van der Waals surface area contributed by atoms with Crippen LogP contribution in [0.4, 0.5) is 5.82 Å². The van der Waals surface area contributed by atoms with Gasteiger partial charge in [-0.2, -0.15) is 0 Å². The molecule has 2 rings (SSSR count). The van der Waals surface area contributed by atoms with Crippen molar-refractivity contribution in [1.29, 1.82) is 0 Å². The first kappa shape index (κ1) is 13.7. The number of nitrogens with one attached hydrogen (secondary N) is 1. The molecule has 104 valence electrons. The molecule has 0 spiro atoms. The van der Waals surface area contributed by atoms with E-state index in [1.54, 1.807) is 13.4 Å². The normalized spacial score (nSPS) is 18.9. The number of aromatic nitrogens is 2. The molecule has 1 atom stereocenters. The molecule has 0 aliphatic carbocycles. The van der Waals surface area contributed by atoms with E-state index in [0.717, 1.165) is 17.9 Å². The Hall–Kier alpha value is -1.69. The summed E-state index contributed by atoms with van der Waals surface area (Å²) in [5.41, 5.74) is 0.998.